The molecule has 3 aromatic rings. The summed E-state index contributed by atoms with van der Waals surface area (Å²) in [7, 11) is 2.10. The fourth-order valence-electron chi connectivity index (χ4n) is 1.98. The molecule has 1 nitrogen and oxygen atoms in total. The molecule has 0 atom stereocenters. The molecular weight excluding hydrogens is 204 g/mol. The third-order valence-electron chi connectivity index (χ3n) is 2.72. The first kappa shape index (κ1) is 8.87. The fourth-order valence-corrected chi connectivity index (χ4v) is 2.16. The molecule has 0 fully saturated rings. The van der Waals surface area contributed by atoms with Crippen LogP contribution in [0.4, 0.5) is 0 Å². The standard InChI is InChI=1S/C12H9BClN/c13-7-1-3-11-9(5-7)10-6-8(14)2-4-12(10)15-11/h1-6,15H,13H2. The summed E-state index contributed by atoms with van der Waals surface area (Å²) >= 11 is 6.00. The van der Waals surface area contributed by atoms with Crippen LogP contribution in [-0.2, 0) is 0 Å². The van der Waals surface area contributed by atoms with Gasteiger partial charge in [-0.25, -0.2) is 0 Å². The van der Waals surface area contributed by atoms with Gasteiger partial charge in [0.2, 0.25) is 0 Å². The Morgan fingerprint density at radius 1 is 0.933 bits per heavy atom. The zero-order chi connectivity index (χ0) is 10.4. The molecule has 1 aromatic heterocycles. The van der Waals surface area contributed by atoms with Gasteiger partial charge >= 0.3 is 0 Å². The highest BCUT2D eigenvalue weighted by Gasteiger charge is 2.04. The van der Waals surface area contributed by atoms with Crippen LogP contribution in [0.15, 0.2) is 36.4 Å². The number of aromatic amines is 1. The molecule has 2 aromatic carbocycles. The van der Waals surface area contributed by atoms with E-state index in [-0.39, 0.29) is 0 Å². The van der Waals surface area contributed by atoms with Crippen molar-refractivity contribution in [2.45, 2.75) is 0 Å². The molecule has 3 heteroatoms. The number of hydrogen-bond donors (Lipinski definition) is 1. The predicted molar refractivity (Wildman–Crippen MR) is 69.0 cm³/mol. The van der Waals surface area contributed by atoms with Gasteiger partial charge in [-0.15, -0.1) is 0 Å². The van der Waals surface area contributed by atoms with Crippen molar-refractivity contribution in [1.82, 2.24) is 4.98 Å². The van der Waals surface area contributed by atoms with Crippen LogP contribution in [0, 0.1) is 0 Å². The summed E-state index contributed by atoms with van der Waals surface area (Å²) in [5.41, 5.74) is 3.57. The van der Waals surface area contributed by atoms with Crippen LogP contribution < -0.4 is 5.46 Å². The van der Waals surface area contributed by atoms with E-state index in [0.717, 1.165) is 16.1 Å². The molecule has 0 spiro atoms. The Hall–Kier alpha value is -1.41. The molecule has 0 bridgehead atoms. The molecule has 0 saturated carbocycles. The smallest absolute Gasteiger partial charge is 0.139 e. The number of rotatable bonds is 0. The second kappa shape index (κ2) is 3.04. The molecule has 3 rings (SSSR count). The highest BCUT2D eigenvalue weighted by atomic mass is 35.5. The molecule has 0 aliphatic carbocycles. The summed E-state index contributed by atoms with van der Waals surface area (Å²) in [4.78, 5) is 3.37. The number of benzene rings is 2. The minimum Gasteiger partial charge on any atom is -0.355 e. The summed E-state index contributed by atoms with van der Waals surface area (Å²) in [5, 5.41) is 3.22. The van der Waals surface area contributed by atoms with Gasteiger partial charge in [-0.1, -0.05) is 29.2 Å². The van der Waals surface area contributed by atoms with Crippen LogP contribution in [0.2, 0.25) is 5.02 Å². The Labute approximate surface area is 93.5 Å². The van der Waals surface area contributed by atoms with E-state index in [1.54, 1.807) is 0 Å². The van der Waals surface area contributed by atoms with Crippen molar-refractivity contribution in [1.29, 1.82) is 0 Å². The van der Waals surface area contributed by atoms with Crippen molar-refractivity contribution in [2.24, 2.45) is 0 Å². The van der Waals surface area contributed by atoms with Crippen molar-refractivity contribution < 1.29 is 0 Å². The zero-order valence-corrected chi connectivity index (χ0v) is 9.10. The van der Waals surface area contributed by atoms with Gasteiger partial charge in [-0.05, 0) is 24.3 Å². The van der Waals surface area contributed by atoms with E-state index in [1.807, 2.05) is 18.2 Å². The third kappa shape index (κ3) is 1.33. The van der Waals surface area contributed by atoms with Gasteiger partial charge in [0.15, 0.2) is 0 Å². The first-order chi connectivity index (χ1) is 7.24. The maximum Gasteiger partial charge on any atom is 0.139 e. The van der Waals surface area contributed by atoms with Gasteiger partial charge in [-0.2, -0.15) is 0 Å². The normalized spacial score (nSPS) is 11.3. The van der Waals surface area contributed by atoms with Gasteiger partial charge in [0.1, 0.15) is 7.85 Å². The lowest BCUT2D eigenvalue weighted by Crippen LogP contribution is -1.98. The summed E-state index contributed by atoms with van der Waals surface area (Å²) < 4.78 is 0. The van der Waals surface area contributed by atoms with Crippen LogP contribution in [0.3, 0.4) is 0 Å². The van der Waals surface area contributed by atoms with Gasteiger partial charge in [-0.3, -0.25) is 0 Å². The minimum absolute atomic E-state index is 0.782. The Morgan fingerprint density at radius 3 is 2.40 bits per heavy atom. The SMILES string of the molecule is Bc1ccc2[nH]c3ccc(Cl)cc3c2c1. The van der Waals surface area contributed by atoms with E-state index in [4.69, 9.17) is 11.6 Å². The third-order valence-corrected chi connectivity index (χ3v) is 2.95. The topological polar surface area (TPSA) is 15.8 Å². The zero-order valence-electron chi connectivity index (χ0n) is 8.34. The molecule has 0 radical (unpaired) electrons. The minimum atomic E-state index is 0.782. The predicted octanol–water partition coefficient (Wildman–Crippen LogP) is 2.23. The lowest BCUT2D eigenvalue weighted by Gasteiger charge is -1.94. The van der Waals surface area contributed by atoms with Crippen LogP contribution >= 0.6 is 11.6 Å². The molecule has 72 valence electrons. The molecule has 0 amide bonds. The first-order valence-electron chi connectivity index (χ1n) is 4.92. The highest BCUT2D eigenvalue weighted by Crippen LogP contribution is 2.26. The average Bonchev–Trinajstić information content (AvgIpc) is 2.56. The number of fused-ring (bicyclic) bond motifs is 3. The Balaban J connectivity index is 2.55. The second-order valence-electron chi connectivity index (χ2n) is 3.86. The molecular formula is C12H9BClN. The highest BCUT2D eigenvalue weighted by molar-refractivity contribution is 6.34. The number of halogens is 1. The fraction of sp³-hybridized carbons (Fsp3) is 0. The van der Waals surface area contributed by atoms with Crippen LogP contribution in [0.1, 0.15) is 0 Å². The Bertz CT molecular complexity index is 601. The maximum absolute atomic E-state index is 6.00. The number of hydrogen-bond acceptors (Lipinski definition) is 0. The van der Waals surface area contributed by atoms with E-state index < -0.39 is 0 Å². The van der Waals surface area contributed by atoms with Gasteiger partial charge in [0.05, 0.1) is 0 Å². The van der Waals surface area contributed by atoms with Crippen molar-refractivity contribution in [2.75, 3.05) is 0 Å². The molecule has 0 aliphatic rings. The Kier molecular flexibility index (Phi) is 1.80. The molecule has 15 heavy (non-hydrogen) atoms. The van der Waals surface area contributed by atoms with Gasteiger partial charge < -0.3 is 4.98 Å². The largest absolute Gasteiger partial charge is 0.355 e. The van der Waals surface area contributed by atoms with Crippen molar-refractivity contribution >= 4 is 46.7 Å². The van der Waals surface area contributed by atoms with E-state index in [1.165, 1.54) is 16.2 Å². The molecule has 0 saturated heterocycles. The molecule has 1 heterocycles. The molecule has 1 N–H and O–H groups in total. The summed E-state index contributed by atoms with van der Waals surface area (Å²) in [6.45, 7) is 0. The summed E-state index contributed by atoms with van der Waals surface area (Å²) in [6, 6.07) is 12.3. The monoisotopic (exact) mass is 213 g/mol. The van der Waals surface area contributed by atoms with E-state index in [2.05, 4.69) is 31.0 Å². The van der Waals surface area contributed by atoms with E-state index in [0.29, 0.717) is 0 Å². The van der Waals surface area contributed by atoms with Crippen molar-refractivity contribution in [3.05, 3.63) is 41.4 Å². The summed E-state index contributed by atoms with van der Waals surface area (Å²) in [5.74, 6) is 0. The van der Waals surface area contributed by atoms with Gasteiger partial charge in [0.25, 0.3) is 0 Å². The molecule has 0 aliphatic heterocycles. The Morgan fingerprint density at radius 2 is 1.60 bits per heavy atom. The second-order valence-corrected chi connectivity index (χ2v) is 4.30. The van der Waals surface area contributed by atoms with Crippen molar-refractivity contribution in [3.8, 4) is 0 Å². The lowest BCUT2D eigenvalue weighted by atomic mass is 9.94. The van der Waals surface area contributed by atoms with Crippen LogP contribution in [0.5, 0.6) is 0 Å². The quantitative estimate of drug-likeness (QED) is 0.551. The van der Waals surface area contributed by atoms with Crippen LogP contribution in [-0.4, -0.2) is 12.8 Å². The summed E-state index contributed by atoms with van der Waals surface area (Å²) in [6.07, 6.45) is 0. The van der Waals surface area contributed by atoms with E-state index in [9.17, 15) is 0 Å². The maximum atomic E-state index is 6.00. The van der Waals surface area contributed by atoms with E-state index >= 15 is 0 Å². The number of aromatic nitrogens is 1. The average molecular weight is 213 g/mol. The lowest BCUT2D eigenvalue weighted by molar-refractivity contribution is 1.55. The van der Waals surface area contributed by atoms with Crippen molar-refractivity contribution in [3.63, 3.8) is 0 Å². The number of nitrogens with one attached hydrogen (secondary N) is 1. The first-order valence-corrected chi connectivity index (χ1v) is 5.29. The number of H-pyrrole nitrogens is 1. The van der Waals surface area contributed by atoms with Gasteiger partial charge in [0, 0.05) is 26.8 Å². The molecule has 0 unspecified atom stereocenters. The van der Waals surface area contributed by atoms with Crippen LogP contribution in [0.25, 0.3) is 21.8 Å².